The van der Waals surface area contributed by atoms with Gasteiger partial charge in [0.2, 0.25) is 0 Å². The molecule has 0 saturated heterocycles. The molecular formula is C32H34O7. The van der Waals surface area contributed by atoms with Crippen molar-refractivity contribution in [2.75, 3.05) is 13.2 Å². The molecule has 1 aliphatic rings. The molecule has 204 valence electrons. The van der Waals surface area contributed by atoms with Gasteiger partial charge in [0.25, 0.3) is 0 Å². The van der Waals surface area contributed by atoms with Gasteiger partial charge in [-0.25, -0.2) is 14.4 Å². The summed E-state index contributed by atoms with van der Waals surface area (Å²) in [5, 5.41) is 1.70. The monoisotopic (exact) mass is 530 g/mol. The van der Waals surface area contributed by atoms with Gasteiger partial charge in [-0.3, -0.25) is 0 Å². The standard InChI is InChI=1S/C32H34O7/c1-4-30(33)37-17-5-16-36-27-12-9-23(10-13-27)31(34)38-28-14-11-24-19-26(8-7-25(24)20-28)32(35)39-29-15-6-21(2)18-22(29)3/h4,7-14,19-22,29H,1,5-6,15-18H2,2-3H3. The first-order valence-corrected chi connectivity index (χ1v) is 13.3. The molecular weight excluding hydrogens is 496 g/mol. The Bertz CT molecular complexity index is 1330. The Kier molecular flexibility index (Phi) is 9.36. The molecule has 1 aliphatic carbocycles. The SMILES string of the molecule is C=CC(=O)OCCCOc1ccc(C(=O)Oc2ccc3cc(C(=O)OC4CCC(C)CC4C)ccc3c2)cc1. The number of carbonyl (C=O) groups is 3. The number of ether oxygens (including phenoxy) is 4. The van der Waals surface area contributed by atoms with Crippen molar-refractivity contribution in [3.8, 4) is 11.5 Å². The average molecular weight is 531 g/mol. The molecule has 3 aromatic carbocycles. The van der Waals surface area contributed by atoms with Gasteiger partial charge in [0.05, 0.1) is 24.3 Å². The molecule has 4 rings (SSSR count). The molecule has 0 spiro atoms. The molecule has 1 fully saturated rings. The molecule has 0 aliphatic heterocycles. The summed E-state index contributed by atoms with van der Waals surface area (Å²) in [5.41, 5.74) is 0.893. The quantitative estimate of drug-likeness (QED) is 0.127. The van der Waals surface area contributed by atoms with E-state index in [1.807, 2.05) is 18.2 Å². The van der Waals surface area contributed by atoms with Crippen LogP contribution in [0.15, 0.2) is 73.3 Å². The normalized spacial score (nSPS) is 18.7. The van der Waals surface area contributed by atoms with E-state index in [4.69, 9.17) is 18.9 Å². The highest BCUT2D eigenvalue weighted by Gasteiger charge is 2.28. The molecule has 3 aromatic rings. The Hall–Kier alpha value is -4.13. The zero-order valence-electron chi connectivity index (χ0n) is 22.4. The Labute approximate surface area is 228 Å². The van der Waals surface area contributed by atoms with E-state index in [0.717, 1.165) is 36.1 Å². The van der Waals surface area contributed by atoms with Gasteiger partial charge in [-0.2, -0.15) is 0 Å². The summed E-state index contributed by atoms with van der Waals surface area (Å²) >= 11 is 0. The van der Waals surface area contributed by atoms with Crippen LogP contribution in [0.5, 0.6) is 11.5 Å². The summed E-state index contributed by atoms with van der Waals surface area (Å²) in [4.78, 5) is 36.4. The maximum Gasteiger partial charge on any atom is 0.343 e. The van der Waals surface area contributed by atoms with Crippen molar-refractivity contribution in [2.24, 2.45) is 11.8 Å². The Morgan fingerprint density at radius 3 is 2.28 bits per heavy atom. The third-order valence-corrected chi connectivity index (χ3v) is 6.93. The van der Waals surface area contributed by atoms with Crippen LogP contribution in [0.4, 0.5) is 0 Å². The topological polar surface area (TPSA) is 88.1 Å². The van der Waals surface area contributed by atoms with E-state index in [1.165, 1.54) is 0 Å². The number of carbonyl (C=O) groups excluding carboxylic acids is 3. The molecule has 7 nitrogen and oxygen atoms in total. The maximum atomic E-state index is 12.8. The molecule has 3 unspecified atom stereocenters. The molecule has 39 heavy (non-hydrogen) atoms. The van der Waals surface area contributed by atoms with Crippen LogP contribution < -0.4 is 9.47 Å². The van der Waals surface area contributed by atoms with E-state index < -0.39 is 11.9 Å². The average Bonchev–Trinajstić information content (AvgIpc) is 2.94. The van der Waals surface area contributed by atoms with Crippen LogP contribution in [0.1, 0.15) is 60.2 Å². The third-order valence-electron chi connectivity index (χ3n) is 6.93. The molecule has 0 amide bonds. The van der Waals surface area contributed by atoms with Crippen molar-refractivity contribution in [2.45, 2.75) is 45.6 Å². The van der Waals surface area contributed by atoms with E-state index in [9.17, 15) is 14.4 Å². The van der Waals surface area contributed by atoms with Gasteiger partial charge in [0, 0.05) is 12.5 Å². The lowest BCUT2D eigenvalue weighted by molar-refractivity contribution is -0.137. The molecule has 0 aromatic heterocycles. The number of hydrogen-bond donors (Lipinski definition) is 0. The van der Waals surface area contributed by atoms with Gasteiger partial charge < -0.3 is 18.9 Å². The highest BCUT2D eigenvalue weighted by Crippen LogP contribution is 2.31. The van der Waals surface area contributed by atoms with Crippen molar-refractivity contribution in [1.29, 1.82) is 0 Å². The Morgan fingerprint density at radius 2 is 1.54 bits per heavy atom. The van der Waals surface area contributed by atoms with Gasteiger partial charge in [0.15, 0.2) is 0 Å². The van der Waals surface area contributed by atoms with Crippen LogP contribution in [-0.2, 0) is 14.3 Å². The van der Waals surface area contributed by atoms with Gasteiger partial charge >= 0.3 is 17.9 Å². The summed E-state index contributed by atoms with van der Waals surface area (Å²) in [6.07, 6.45) is 4.67. The minimum Gasteiger partial charge on any atom is -0.493 e. The molecule has 0 radical (unpaired) electrons. The fraction of sp³-hybridized carbons (Fsp3) is 0.344. The summed E-state index contributed by atoms with van der Waals surface area (Å²) in [5.74, 6) is 0.769. The predicted molar refractivity (Wildman–Crippen MR) is 148 cm³/mol. The van der Waals surface area contributed by atoms with Crippen LogP contribution in [-0.4, -0.2) is 37.2 Å². The van der Waals surface area contributed by atoms with E-state index >= 15 is 0 Å². The molecule has 1 saturated carbocycles. The van der Waals surface area contributed by atoms with Gasteiger partial charge in [-0.15, -0.1) is 0 Å². The Morgan fingerprint density at radius 1 is 0.846 bits per heavy atom. The smallest absolute Gasteiger partial charge is 0.343 e. The zero-order chi connectivity index (χ0) is 27.8. The number of fused-ring (bicyclic) bond motifs is 1. The van der Waals surface area contributed by atoms with Gasteiger partial charge in [0.1, 0.15) is 17.6 Å². The number of benzene rings is 3. The van der Waals surface area contributed by atoms with E-state index in [1.54, 1.807) is 42.5 Å². The predicted octanol–water partition coefficient (Wildman–Crippen LogP) is 6.54. The van der Waals surface area contributed by atoms with Crippen LogP contribution >= 0.6 is 0 Å². The van der Waals surface area contributed by atoms with Crippen LogP contribution in [0.2, 0.25) is 0 Å². The minimum atomic E-state index is -0.492. The molecule has 0 heterocycles. The zero-order valence-corrected chi connectivity index (χ0v) is 22.4. The summed E-state index contributed by atoms with van der Waals surface area (Å²) < 4.78 is 21.9. The van der Waals surface area contributed by atoms with Gasteiger partial charge in [-0.05, 0) is 90.4 Å². The summed E-state index contributed by atoms with van der Waals surface area (Å²) in [7, 11) is 0. The summed E-state index contributed by atoms with van der Waals surface area (Å²) in [6.45, 7) is 8.33. The molecule has 3 atom stereocenters. The third kappa shape index (κ3) is 7.69. The molecule has 7 heteroatoms. The molecule has 0 N–H and O–H groups in total. The maximum absolute atomic E-state index is 12.8. The van der Waals surface area contributed by atoms with Crippen LogP contribution in [0.25, 0.3) is 10.8 Å². The first-order chi connectivity index (χ1) is 18.8. The van der Waals surface area contributed by atoms with Crippen LogP contribution in [0, 0.1) is 11.8 Å². The second-order valence-electron chi connectivity index (χ2n) is 10.1. The number of hydrogen-bond acceptors (Lipinski definition) is 7. The Balaban J connectivity index is 1.30. The molecule has 0 bridgehead atoms. The lowest BCUT2D eigenvalue weighted by atomic mass is 9.81. The first kappa shape index (κ1) is 27.9. The number of rotatable bonds is 10. The van der Waals surface area contributed by atoms with Gasteiger partial charge in [-0.1, -0.05) is 32.6 Å². The lowest BCUT2D eigenvalue weighted by Crippen LogP contribution is -2.31. The lowest BCUT2D eigenvalue weighted by Gasteiger charge is -2.32. The highest BCUT2D eigenvalue weighted by atomic mass is 16.5. The van der Waals surface area contributed by atoms with Crippen molar-refractivity contribution in [3.05, 3.63) is 84.4 Å². The summed E-state index contributed by atoms with van der Waals surface area (Å²) in [6, 6.07) is 17.3. The van der Waals surface area contributed by atoms with E-state index in [-0.39, 0.29) is 18.7 Å². The van der Waals surface area contributed by atoms with E-state index in [2.05, 4.69) is 20.4 Å². The first-order valence-electron chi connectivity index (χ1n) is 13.3. The number of esters is 3. The minimum absolute atomic E-state index is 0.0410. The van der Waals surface area contributed by atoms with E-state index in [0.29, 0.717) is 47.5 Å². The van der Waals surface area contributed by atoms with Crippen molar-refractivity contribution in [1.82, 2.24) is 0 Å². The second kappa shape index (κ2) is 13.1. The van der Waals surface area contributed by atoms with Crippen molar-refractivity contribution in [3.63, 3.8) is 0 Å². The highest BCUT2D eigenvalue weighted by molar-refractivity contribution is 5.96. The van der Waals surface area contributed by atoms with Crippen LogP contribution in [0.3, 0.4) is 0 Å². The fourth-order valence-corrected chi connectivity index (χ4v) is 4.77. The van der Waals surface area contributed by atoms with Crippen molar-refractivity contribution < 1.29 is 33.3 Å². The fourth-order valence-electron chi connectivity index (χ4n) is 4.77. The second-order valence-corrected chi connectivity index (χ2v) is 10.1. The van der Waals surface area contributed by atoms with Crippen molar-refractivity contribution >= 4 is 28.7 Å². The largest absolute Gasteiger partial charge is 0.493 e.